The van der Waals surface area contributed by atoms with Gasteiger partial charge in [-0.25, -0.2) is 18.7 Å². The highest BCUT2D eigenvalue weighted by molar-refractivity contribution is 7.58. The lowest BCUT2D eigenvalue weighted by molar-refractivity contribution is -0.396. The molecule has 2 unspecified atom stereocenters. The molecule has 1 aromatic heterocycles. The van der Waals surface area contributed by atoms with Crippen LogP contribution in [0.4, 0.5) is 10.7 Å². The van der Waals surface area contributed by atoms with Crippen molar-refractivity contribution in [3.05, 3.63) is 22.5 Å². The number of amides is 2. The summed E-state index contributed by atoms with van der Waals surface area (Å²) in [5.74, 6) is -0.283. The van der Waals surface area contributed by atoms with E-state index in [1.165, 1.54) is 17.0 Å². The summed E-state index contributed by atoms with van der Waals surface area (Å²) in [4.78, 5) is 26.2. The molecule has 0 saturated carbocycles. The number of nitro groups is 1. The summed E-state index contributed by atoms with van der Waals surface area (Å²) in [5.41, 5.74) is -0.419. The van der Waals surface area contributed by atoms with Crippen molar-refractivity contribution in [3.8, 4) is 0 Å². The first kappa shape index (κ1) is 18.8. The summed E-state index contributed by atoms with van der Waals surface area (Å²) in [6.45, 7) is 9.56. The van der Waals surface area contributed by atoms with Gasteiger partial charge in [0.05, 0.1) is 13.1 Å². The summed E-state index contributed by atoms with van der Waals surface area (Å²) in [5, 5.41) is 16.1. The van der Waals surface area contributed by atoms with Crippen LogP contribution in [0.1, 0.15) is 27.7 Å². The lowest BCUT2D eigenvalue weighted by atomic mass is 10.2. The van der Waals surface area contributed by atoms with Crippen molar-refractivity contribution >= 4 is 19.6 Å². The molecule has 0 radical (unpaired) electrons. The number of aromatic nitrogens is 2. The molecule has 144 valence electrons. The quantitative estimate of drug-likeness (QED) is 0.314. The van der Waals surface area contributed by atoms with Gasteiger partial charge in [0.15, 0.2) is 0 Å². The van der Waals surface area contributed by atoms with Crippen LogP contribution in [0, 0.1) is 10.1 Å². The first-order chi connectivity index (χ1) is 12.0. The smallest absolute Gasteiger partial charge is 0.390 e. The molecule has 2 fully saturated rings. The van der Waals surface area contributed by atoms with Gasteiger partial charge in [0.25, 0.3) is 0 Å². The van der Waals surface area contributed by atoms with Crippen molar-refractivity contribution in [2.45, 2.75) is 45.3 Å². The number of hydrogen-bond acceptors (Lipinski definition) is 5. The van der Waals surface area contributed by atoms with Crippen LogP contribution in [0.3, 0.4) is 0 Å². The van der Waals surface area contributed by atoms with E-state index in [9.17, 15) is 19.5 Å². The van der Waals surface area contributed by atoms with E-state index in [0.29, 0.717) is 13.1 Å². The average Bonchev–Trinajstić information content (AvgIpc) is 3.26. The molecule has 0 bridgehead atoms. The minimum atomic E-state index is -3.19. The van der Waals surface area contributed by atoms with Gasteiger partial charge < -0.3 is 15.4 Å². The molecular formula is C14H24N7O4P. The van der Waals surface area contributed by atoms with Crippen molar-refractivity contribution in [2.24, 2.45) is 0 Å². The molecule has 0 aliphatic carbocycles. The fourth-order valence-corrected chi connectivity index (χ4v) is 6.34. The molecule has 2 aliphatic heterocycles. The maximum atomic E-state index is 13.5. The van der Waals surface area contributed by atoms with Gasteiger partial charge in [-0.05, 0) is 32.6 Å². The normalized spacial score (nSPS) is 27.2. The molecule has 2 aliphatic rings. The van der Waals surface area contributed by atoms with E-state index in [1.54, 1.807) is 0 Å². The molecule has 2 amide bonds. The maximum Gasteiger partial charge on any atom is 0.434 e. The fraction of sp³-hybridized carbons (Fsp3) is 0.714. The minimum absolute atomic E-state index is 0.149. The summed E-state index contributed by atoms with van der Waals surface area (Å²) in [6, 6.07) is -0.554. The summed E-state index contributed by atoms with van der Waals surface area (Å²) in [7, 11) is -3.19. The topological polar surface area (TPSA) is 125 Å². The molecular weight excluding hydrogens is 361 g/mol. The first-order valence-electron chi connectivity index (χ1n) is 8.35. The number of urea groups is 1. The predicted molar refractivity (Wildman–Crippen MR) is 94.6 cm³/mol. The molecule has 2 saturated heterocycles. The number of nitrogens with zero attached hydrogens (tertiary/aromatic N) is 5. The molecule has 1 aromatic rings. The Balaban J connectivity index is 1.58. The van der Waals surface area contributed by atoms with Crippen molar-refractivity contribution < 1.29 is 14.3 Å². The lowest BCUT2D eigenvalue weighted by Gasteiger charge is -2.25. The number of hydrogen-bond donors (Lipinski definition) is 2. The number of carbonyl (C=O) groups excluding carboxylic acids is 1. The van der Waals surface area contributed by atoms with E-state index < -0.39 is 18.5 Å². The monoisotopic (exact) mass is 385 g/mol. The minimum Gasteiger partial charge on any atom is -0.390 e. The molecule has 3 heterocycles. The summed E-state index contributed by atoms with van der Waals surface area (Å²) >= 11 is 0. The van der Waals surface area contributed by atoms with Gasteiger partial charge in [-0.15, -0.1) is 0 Å². The van der Waals surface area contributed by atoms with Crippen LogP contribution in [0.2, 0.25) is 0 Å². The summed E-state index contributed by atoms with van der Waals surface area (Å²) in [6.07, 6.45) is 2.80. The Kier molecular flexibility index (Phi) is 4.37. The highest BCUT2D eigenvalue weighted by Gasteiger charge is 2.64. The van der Waals surface area contributed by atoms with E-state index in [-0.39, 0.29) is 30.1 Å². The highest BCUT2D eigenvalue weighted by Crippen LogP contribution is 2.67. The summed E-state index contributed by atoms with van der Waals surface area (Å²) < 4.78 is 18.5. The van der Waals surface area contributed by atoms with E-state index in [4.69, 9.17) is 0 Å². The fourth-order valence-electron chi connectivity index (χ4n) is 2.95. The molecule has 0 aromatic carbocycles. The molecule has 0 spiro atoms. The first-order valence-corrected chi connectivity index (χ1v) is 9.96. The third-order valence-corrected chi connectivity index (χ3v) is 7.83. The Morgan fingerprint density at radius 2 is 1.85 bits per heavy atom. The van der Waals surface area contributed by atoms with E-state index in [1.807, 2.05) is 37.0 Å². The molecule has 2 atom stereocenters. The van der Waals surface area contributed by atoms with Crippen molar-refractivity contribution in [3.63, 3.8) is 0 Å². The molecule has 3 rings (SSSR count). The third kappa shape index (κ3) is 3.46. The standard InChI is InChI=1S/C14H24N7O4P/c1-13(2)9-19(13)26(25,20-10-14(20,3)4)17-11(22)15-5-7-18-8-6-16-12(18)21(23)24/h6,8H,5,7,9-10H2,1-4H3,(H2,15,17,22,25). The van der Waals surface area contributed by atoms with E-state index in [2.05, 4.69) is 15.4 Å². The zero-order chi connectivity index (χ0) is 19.3. The van der Waals surface area contributed by atoms with Gasteiger partial charge in [-0.3, -0.25) is 9.65 Å². The Morgan fingerprint density at radius 3 is 2.31 bits per heavy atom. The number of nitrogens with one attached hydrogen (secondary N) is 2. The Hall–Kier alpha value is -1.97. The highest BCUT2D eigenvalue weighted by atomic mass is 31.2. The van der Waals surface area contributed by atoms with Crippen LogP contribution in [0.15, 0.2) is 12.4 Å². The van der Waals surface area contributed by atoms with Crippen LogP contribution < -0.4 is 10.4 Å². The second-order valence-corrected chi connectivity index (χ2v) is 10.1. The molecule has 11 nitrogen and oxygen atoms in total. The van der Waals surface area contributed by atoms with Gasteiger partial charge in [0.1, 0.15) is 12.4 Å². The zero-order valence-corrected chi connectivity index (χ0v) is 16.2. The number of rotatable bonds is 7. The lowest BCUT2D eigenvalue weighted by Crippen LogP contribution is -2.39. The SMILES string of the molecule is CC1(C)CN1P(=O)(NC(=O)NCCn1ccnc1[N+](=O)[O-])N1CC1(C)C. The van der Waals surface area contributed by atoms with Crippen LogP contribution >= 0.6 is 7.59 Å². The van der Waals surface area contributed by atoms with E-state index >= 15 is 0 Å². The largest absolute Gasteiger partial charge is 0.434 e. The second-order valence-electron chi connectivity index (χ2n) is 7.83. The van der Waals surface area contributed by atoms with Crippen molar-refractivity contribution in [1.29, 1.82) is 0 Å². The van der Waals surface area contributed by atoms with Crippen molar-refractivity contribution in [2.75, 3.05) is 19.6 Å². The van der Waals surface area contributed by atoms with Crippen LogP contribution in [0.5, 0.6) is 0 Å². The van der Waals surface area contributed by atoms with Gasteiger partial charge in [0, 0.05) is 24.2 Å². The van der Waals surface area contributed by atoms with Gasteiger partial charge >= 0.3 is 19.6 Å². The number of carbonyl (C=O) groups is 1. The maximum absolute atomic E-state index is 13.5. The van der Waals surface area contributed by atoms with Gasteiger partial charge in [0.2, 0.25) is 0 Å². The third-order valence-electron chi connectivity index (χ3n) is 4.66. The van der Waals surface area contributed by atoms with Crippen LogP contribution in [0.25, 0.3) is 0 Å². The Morgan fingerprint density at radius 1 is 1.31 bits per heavy atom. The molecule has 2 N–H and O–H groups in total. The molecule has 12 heteroatoms. The van der Waals surface area contributed by atoms with E-state index in [0.717, 1.165) is 0 Å². The predicted octanol–water partition coefficient (Wildman–Crippen LogP) is 1.39. The average molecular weight is 385 g/mol. The van der Waals surface area contributed by atoms with Crippen LogP contribution in [-0.2, 0) is 11.1 Å². The van der Waals surface area contributed by atoms with Gasteiger partial charge in [-0.1, -0.05) is 4.98 Å². The molecule has 26 heavy (non-hydrogen) atoms. The van der Waals surface area contributed by atoms with Crippen LogP contribution in [-0.4, -0.2) is 60.6 Å². The zero-order valence-electron chi connectivity index (χ0n) is 15.3. The van der Waals surface area contributed by atoms with Crippen molar-refractivity contribution in [1.82, 2.24) is 29.3 Å². The van der Waals surface area contributed by atoms with Gasteiger partial charge in [-0.2, -0.15) is 0 Å². The Bertz CT molecular complexity index is 764. The Labute approximate surface area is 151 Å². The second kappa shape index (κ2) is 6.04. The number of imidazole rings is 1.